The average molecular weight is 382 g/mol. The molecule has 2 amide bonds. The van der Waals surface area contributed by atoms with Gasteiger partial charge in [0.1, 0.15) is 23.7 Å². The number of alkyl halides is 3. The van der Waals surface area contributed by atoms with Crippen molar-refractivity contribution in [1.29, 1.82) is 0 Å². The Labute approximate surface area is 143 Å². The van der Waals surface area contributed by atoms with E-state index in [2.05, 4.69) is 4.74 Å². The maximum atomic E-state index is 12.3. The maximum absolute atomic E-state index is 12.3. The molecule has 2 aliphatic rings. The number of methoxy groups -OCH3 is 1. The van der Waals surface area contributed by atoms with Crippen LogP contribution in [0.1, 0.15) is 6.92 Å². The van der Waals surface area contributed by atoms with Crippen LogP contribution in [0.15, 0.2) is 11.3 Å². The van der Waals surface area contributed by atoms with Gasteiger partial charge in [0.15, 0.2) is 0 Å². The second kappa shape index (κ2) is 6.94. The molecule has 8 nitrogen and oxygen atoms in total. The zero-order valence-electron chi connectivity index (χ0n) is 13.0. The number of carbonyl (C=O) groups is 4. The summed E-state index contributed by atoms with van der Waals surface area (Å²) in [6, 6.07) is -1.41. The molecule has 0 radical (unpaired) electrons. The third-order valence-corrected chi connectivity index (χ3v) is 4.76. The molecule has 25 heavy (non-hydrogen) atoms. The van der Waals surface area contributed by atoms with Crippen molar-refractivity contribution in [2.45, 2.75) is 24.5 Å². The first-order chi connectivity index (χ1) is 11.6. The molecular weight excluding hydrogens is 369 g/mol. The molecule has 2 heterocycles. The first kappa shape index (κ1) is 19.1. The first-order valence-corrected chi connectivity index (χ1v) is 7.88. The summed E-state index contributed by atoms with van der Waals surface area (Å²) < 4.78 is 46.4. The van der Waals surface area contributed by atoms with Gasteiger partial charge in [-0.1, -0.05) is 0 Å². The van der Waals surface area contributed by atoms with Crippen LogP contribution in [0.2, 0.25) is 0 Å². The largest absolute Gasteiger partial charge is 0.471 e. The highest BCUT2D eigenvalue weighted by Gasteiger charge is 2.56. The molecule has 0 bridgehead atoms. The van der Waals surface area contributed by atoms with Crippen LogP contribution in [0.3, 0.4) is 0 Å². The lowest BCUT2D eigenvalue weighted by Gasteiger charge is -2.49. The van der Waals surface area contributed by atoms with Gasteiger partial charge in [-0.15, -0.1) is 11.8 Å². The van der Waals surface area contributed by atoms with Gasteiger partial charge in [-0.05, 0) is 0 Å². The number of hydrogen-bond donors (Lipinski definition) is 1. The van der Waals surface area contributed by atoms with E-state index in [1.54, 1.807) is 5.32 Å². The number of carbonyl (C=O) groups excluding carboxylic acids is 4. The fourth-order valence-corrected chi connectivity index (χ4v) is 3.62. The number of ether oxygens (including phenoxy) is 2. The first-order valence-electron chi connectivity index (χ1n) is 6.84. The minimum atomic E-state index is -5.12. The summed E-state index contributed by atoms with van der Waals surface area (Å²) in [7, 11) is 1.07. The van der Waals surface area contributed by atoms with E-state index in [0.29, 0.717) is 0 Å². The van der Waals surface area contributed by atoms with Gasteiger partial charge in [0.2, 0.25) is 0 Å². The van der Waals surface area contributed by atoms with Crippen LogP contribution in [-0.2, 0) is 28.7 Å². The van der Waals surface area contributed by atoms with E-state index >= 15 is 0 Å². The highest BCUT2D eigenvalue weighted by atomic mass is 32.2. The van der Waals surface area contributed by atoms with E-state index in [9.17, 15) is 32.3 Å². The van der Waals surface area contributed by atoms with Crippen molar-refractivity contribution in [2.24, 2.45) is 0 Å². The summed E-state index contributed by atoms with van der Waals surface area (Å²) in [4.78, 5) is 47.0. The molecule has 0 spiro atoms. The Morgan fingerprint density at radius 2 is 2.00 bits per heavy atom. The average Bonchev–Trinajstić information content (AvgIpc) is 2.54. The third kappa shape index (κ3) is 3.72. The smallest absolute Gasteiger partial charge is 0.464 e. The number of amides is 2. The van der Waals surface area contributed by atoms with Crippen LogP contribution >= 0.6 is 11.8 Å². The summed E-state index contributed by atoms with van der Waals surface area (Å²) in [5.74, 6) is -4.49. The van der Waals surface area contributed by atoms with Crippen molar-refractivity contribution in [3.63, 3.8) is 0 Å². The van der Waals surface area contributed by atoms with Gasteiger partial charge in [-0.3, -0.25) is 19.3 Å². The predicted octanol–water partition coefficient (Wildman–Crippen LogP) is -0.0612. The molecule has 2 aliphatic heterocycles. The molecule has 1 unspecified atom stereocenters. The van der Waals surface area contributed by atoms with Crippen molar-refractivity contribution in [3.8, 4) is 0 Å². The minimum Gasteiger partial charge on any atom is -0.464 e. The van der Waals surface area contributed by atoms with Crippen LogP contribution < -0.4 is 5.32 Å². The van der Waals surface area contributed by atoms with Gasteiger partial charge in [0, 0.05) is 18.2 Å². The van der Waals surface area contributed by atoms with Gasteiger partial charge in [0.05, 0.1) is 7.11 Å². The summed E-state index contributed by atoms with van der Waals surface area (Å²) >= 11 is 1.03. The number of esters is 2. The standard InChI is InChI=1S/C13H13F3N2O6S/c1-5(19)24-3-6-4-25-10-7(17-12(22)13(14,15)16)9(20)18(10)8(6)11(21)23-2/h7,10H,3-4H2,1-2H3,(H,17,22)/t7-,10?/m0/s1. The molecule has 1 fully saturated rings. The van der Waals surface area contributed by atoms with E-state index in [1.165, 1.54) is 0 Å². The van der Waals surface area contributed by atoms with Crippen LogP contribution in [0.5, 0.6) is 0 Å². The Hall–Kier alpha value is -2.24. The Morgan fingerprint density at radius 3 is 2.52 bits per heavy atom. The van der Waals surface area contributed by atoms with Crippen molar-refractivity contribution in [3.05, 3.63) is 11.3 Å². The Morgan fingerprint density at radius 1 is 1.36 bits per heavy atom. The number of nitrogens with one attached hydrogen (secondary N) is 1. The SMILES string of the molecule is COC(=O)C1=C(COC(C)=O)CSC2[C@@H](NC(=O)C(F)(F)F)C(=O)N12. The van der Waals surface area contributed by atoms with Crippen molar-refractivity contribution in [2.75, 3.05) is 19.5 Å². The molecular formula is C13H13F3N2O6S. The highest BCUT2D eigenvalue weighted by molar-refractivity contribution is 8.00. The van der Waals surface area contributed by atoms with Crippen LogP contribution in [0.4, 0.5) is 13.2 Å². The third-order valence-electron chi connectivity index (χ3n) is 3.42. The molecule has 0 aromatic carbocycles. The van der Waals surface area contributed by atoms with Gasteiger partial charge < -0.3 is 14.8 Å². The lowest BCUT2D eigenvalue weighted by Crippen LogP contribution is -2.71. The summed E-state index contributed by atoms with van der Waals surface area (Å²) in [6.07, 6.45) is -5.12. The molecule has 0 aromatic rings. The summed E-state index contributed by atoms with van der Waals surface area (Å²) in [6.45, 7) is 0.900. The zero-order chi connectivity index (χ0) is 18.9. The monoisotopic (exact) mass is 382 g/mol. The summed E-state index contributed by atoms with van der Waals surface area (Å²) in [5.41, 5.74) is 0.104. The Bertz CT molecular complexity index is 663. The molecule has 138 valence electrons. The minimum absolute atomic E-state index is 0.116. The van der Waals surface area contributed by atoms with E-state index in [0.717, 1.165) is 30.7 Å². The zero-order valence-corrected chi connectivity index (χ0v) is 13.8. The number of rotatable bonds is 4. The van der Waals surface area contributed by atoms with Crippen molar-refractivity contribution >= 4 is 35.5 Å². The lowest BCUT2D eigenvalue weighted by atomic mass is 10.0. The van der Waals surface area contributed by atoms with Gasteiger partial charge in [0.25, 0.3) is 5.91 Å². The summed E-state index contributed by atoms with van der Waals surface area (Å²) in [5, 5.41) is 0.731. The van der Waals surface area contributed by atoms with Crippen LogP contribution in [0, 0.1) is 0 Å². The number of hydrogen-bond acceptors (Lipinski definition) is 7. The quantitative estimate of drug-likeness (QED) is 0.537. The normalized spacial score (nSPS) is 22.8. The van der Waals surface area contributed by atoms with Gasteiger partial charge in [-0.25, -0.2) is 4.79 Å². The molecule has 0 aromatic heterocycles. The number of β-lactam (4-membered cyclic amide) rings is 1. The van der Waals surface area contributed by atoms with Crippen molar-refractivity contribution < 1.29 is 41.8 Å². The fraction of sp³-hybridized carbons (Fsp3) is 0.538. The van der Waals surface area contributed by atoms with Crippen LogP contribution in [0.25, 0.3) is 0 Å². The van der Waals surface area contributed by atoms with Gasteiger partial charge in [-0.2, -0.15) is 13.2 Å². The fourth-order valence-electron chi connectivity index (χ4n) is 2.29. The molecule has 0 saturated carbocycles. The molecule has 1 saturated heterocycles. The number of nitrogens with zero attached hydrogens (tertiary/aromatic N) is 1. The van der Waals surface area contributed by atoms with E-state index in [1.807, 2.05) is 0 Å². The van der Waals surface area contributed by atoms with E-state index < -0.39 is 41.3 Å². The molecule has 2 rings (SSSR count). The predicted molar refractivity (Wildman–Crippen MR) is 76.8 cm³/mol. The Kier molecular flexibility index (Phi) is 5.30. The number of thioether (sulfide) groups is 1. The van der Waals surface area contributed by atoms with E-state index in [-0.39, 0.29) is 23.6 Å². The molecule has 12 heteroatoms. The topological polar surface area (TPSA) is 102 Å². The number of fused-ring (bicyclic) bond motifs is 1. The second-order valence-electron chi connectivity index (χ2n) is 5.08. The number of halogens is 3. The lowest BCUT2D eigenvalue weighted by molar-refractivity contribution is -0.177. The highest BCUT2D eigenvalue weighted by Crippen LogP contribution is 2.41. The van der Waals surface area contributed by atoms with Crippen molar-refractivity contribution in [1.82, 2.24) is 10.2 Å². The van der Waals surface area contributed by atoms with Crippen LogP contribution in [-0.4, -0.2) is 65.7 Å². The van der Waals surface area contributed by atoms with Gasteiger partial charge >= 0.3 is 24.0 Å². The molecule has 1 N–H and O–H groups in total. The molecule has 0 aliphatic carbocycles. The Balaban J connectivity index is 2.22. The molecule has 2 atom stereocenters. The maximum Gasteiger partial charge on any atom is 0.471 e. The second-order valence-corrected chi connectivity index (χ2v) is 6.19. The van der Waals surface area contributed by atoms with E-state index in [4.69, 9.17) is 4.74 Å².